The van der Waals surface area contributed by atoms with Crippen LogP contribution in [0.15, 0.2) is 83.7 Å². The summed E-state index contributed by atoms with van der Waals surface area (Å²) in [6, 6.07) is 21.9. The number of pyridine rings is 1. The van der Waals surface area contributed by atoms with E-state index < -0.39 is 18.6 Å². The topological polar surface area (TPSA) is 82.6 Å². The number of aliphatic hydroxyl groups is 1. The normalized spacial score (nSPS) is 12.5. The van der Waals surface area contributed by atoms with Gasteiger partial charge < -0.3 is 19.9 Å². The standard InChI is InChI=1S/C29H29F2NO4/c30-29(31,18-21-7-2-1-3-8-21)19-36-22-12-10-20(11-13-22)6-4-5-9-25(33)23-14-16-26(34)28-24(23)15-17-27(35)32-28/h1-3,7-8,10-17,25,33-34H,4-6,9,18-19H2,(H,32,35). The number of aryl methyl sites for hydroxylation is 1. The smallest absolute Gasteiger partial charge is 0.285 e. The Balaban J connectivity index is 1.24. The van der Waals surface area contributed by atoms with Crippen LogP contribution < -0.4 is 10.3 Å². The van der Waals surface area contributed by atoms with Gasteiger partial charge in [0.1, 0.15) is 11.5 Å². The van der Waals surface area contributed by atoms with Crippen LogP contribution in [0.1, 0.15) is 42.1 Å². The third-order valence-electron chi connectivity index (χ3n) is 6.14. The summed E-state index contributed by atoms with van der Waals surface area (Å²) in [6.07, 6.45) is 1.80. The molecule has 5 nitrogen and oxygen atoms in total. The lowest BCUT2D eigenvalue weighted by molar-refractivity contribution is -0.0400. The highest BCUT2D eigenvalue weighted by molar-refractivity contribution is 5.87. The summed E-state index contributed by atoms with van der Waals surface area (Å²) >= 11 is 0. The summed E-state index contributed by atoms with van der Waals surface area (Å²) in [6.45, 7) is -0.682. The summed E-state index contributed by atoms with van der Waals surface area (Å²) in [5.41, 5.74) is 2.28. The first kappa shape index (κ1) is 25.4. The minimum atomic E-state index is -2.96. The molecule has 7 heteroatoms. The van der Waals surface area contributed by atoms with Crippen molar-refractivity contribution >= 4 is 10.9 Å². The predicted octanol–water partition coefficient (Wildman–Crippen LogP) is 5.94. The number of aromatic amines is 1. The molecule has 0 aliphatic rings. The Kier molecular flexibility index (Phi) is 8.00. The maximum atomic E-state index is 14.2. The van der Waals surface area contributed by atoms with Crippen LogP contribution >= 0.6 is 0 Å². The number of phenolic OH excluding ortho intramolecular Hbond substituents is 1. The summed E-state index contributed by atoms with van der Waals surface area (Å²) in [7, 11) is 0. The van der Waals surface area contributed by atoms with E-state index in [1.54, 1.807) is 54.6 Å². The number of unbranched alkanes of at least 4 members (excludes halogenated alkanes) is 1. The average molecular weight is 494 g/mol. The molecule has 0 saturated heterocycles. The minimum Gasteiger partial charge on any atom is -0.506 e. The third-order valence-corrected chi connectivity index (χ3v) is 6.14. The van der Waals surface area contributed by atoms with E-state index >= 15 is 0 Å². The molecule has 3 aromatic carbocycles. The lowest BCUT2D eigenvalue weighted by Gasteiger charge is -2.17. The van der Waals surface area contributed by atoms with Gasteiger partial charge in [-0.25, -0.2) is 8.78 Å². The summed E-state index contributed by atoms with van der Waals surface area (Å²) in [5, 5.41) is 21.3. The minimum absolute atomic E-state index is 0.0361. The van der Waals surface area contributed by atoms with Crippen LogP contribution in [-0.2, 0) is 12.8 Å². The molecule has 36 heavy (non-hydrogen) atoms. The van der Waals surface area contributed by atoms with Gasteiger partial charge in [0.2, 0.25) is 5.56 Å². The zero-order valence-corrected chi connectivity index (χ0v) is 19.8. The van der Waals surface area contributed by atoms with E-state index in [9.17, 15) is 23.8 Å². The molecule has 4 aromatic rings. The molecule has 0 amide bonds. The lowest BCUT2D eigenvalue weighted by Crippen LogP contribution is -2.28. The molecule has 1 atom stereocenters. The molecule has 0 spiro atoms. The maximum absolute atomic E-state index is 14.2. The Morgan fingerprint density at radius 2 is 1.64 bits per heavy atom. The second-order valence-electron chi connectivity index (χ2n) is 9.00. The van der Waals surface area contributed by atoms with Crippen molar-refractivity contribution in [3.63, 3.8) is 0 Å². The first-order chi connectivity index (χ1) is 17.3. The van der Waals surface area contributed by atoms with Crippen LogP contribution in [0.4, 0.5) is 8.78 Å². The summed E-state index contributed by atoms with van der Waals surface area (Å²) in [5.74, 6) is -2.59. The quantitative estimate of drug-likeness (QED) is 0.226. The highest BCUT2D eigenvalue weighted by Crippen LogP contribution is 2.31. The highest BCUT2D eigenvalue weighted by Gasteiger charge is 2.30. The van der Waals surface area contributed by atoms with Gasteiger partial charge in [0.05, 0.1) is 11.6 Å². The molecule has 0 aliphatic carbocycles. The number of aliphatic hydroxyl groups excluding tert-OH is 1. The van der Waals surface area contributed by atoms with Gasteiger partial charge in [-0.1, -0.05) is 55.0 Å². The van der Waals surface area contributed by atoms with Crippen LogP contribution in [0.2, 0.25) is 0 Å². The van der Waals surface area contributed by atoms with Gasteiger partial charge in [0, 0.05) is 17.9 Å². The number of fused-ring (bicyclic) bond motifs is 1. The van der Waals surface area contributed by atoms with Crippen molar-refractivity contribution in [2.75, 3.05) is 6.61 Å². The number of rotatable bonds is 11. The van der Waals surface area contributed by atoms with Crippen LogP contribution in [-0.4, -0.2) is 27.7 Å². The fourth-order valence-electron chi connectivity index (χ4n) is 4.26. The zero-order valence-electron chi connectivity index (χ0n) is 19.8. The van der Waals surface area contributed by atoms with Crippen molar-refractivity contribution in [2.45, 2.75) is 44.1 Å². The number of nitrogens with one attached hydrogen (secondary N) is 1. The molecule has 0 aliphatic heterocycles. The molecule has 0 fully saturated rings. The monoisotopic (exact) mass is 493 g/mol. The van der Waals surface area contributed by atoms with Gasteiger partial charge in [0.25, 0.3) is 5.92 Å². The van der Waals surface area contributed by atoms with Crippen molar-refractivity contribution in [1.29, 1.82) is 0 Å². The molecule has 0 saturated carbocycles. The summed E-state index contributed by atoms with van der Waals surface area (Å²) < 4.78 is 33.8. The van der Waals surface area contributed by atoms with Crippen molar-refractivity contribution in [1.82, 2.24) is 4.98 Å². The van der Waals surface area contributed by atoms with Crippen molar-refractivity contribution in [3.8, 4) is 11.5 Å². The molecular weight excluding hydrogens is 464 g/mol. The van der Waals surface area contributed by atoms with Crippen LogP contribution in [0.25, 0.3) is 10.9 Å². The van der Waals surface area contributed by atoms with Gasteiger partial charge in [0.15, 0.2) is 6.61 Å². The lowest BCUT2D eigenvalue weighted by atomic mass is 9.97. The number of hydrogen-bond donors (Lipinski definition) is 3. The molecule has 3 N–H and O–H groups in total. The molecule has 1 aromatic heterocycles. The molecule has 0 radical (unpaired) electrons. The Morgan fingerprint density at radius 1 is 0.889 bits per heavy atom. The van der Waals surface area contributed by atoms with E-state index in [4.69, 9.17) is 4.74 Å². The number of phenols is 1. The Bertz CT molecular complexity index is 1340. The number of alkyl halides is 2. The average Bonchev–Trinajstić information content (AvgIpc) is 2.87. The van der Waals surface area contributed by atoms with Crippen molar-refractivity contribution < 1.29 is 23.7 Å². The molecule has 4 rings (SSSR count). The first-order valence-electron chi connectivity index (χ1n) is 12.0. The van der Waals surface area contributed by atoms with Crippen LogP contribution in [0.3, 0.4) is 0 Å². The van der Waals surface area contributed by atoms with Crippen LogP contribution in [0, 0.1) is 0 Å². The van der Waals surface area contributed by atoms with E-state index in [-0.39, 0.29) is 17.7 Å². The molecule has 0 bridgehead atoms. The Morgan fingerprint density at radius 3 is 2.39 bits per heavy atom. The maximum Gasteiger partial charge on any atom is 0.285 e. The molecule has 188 valence electrons. The number of benzene rings is 3. The Labute approximate surface area is 208 Å². The van der Waals surface area contributed by atoms with Crippen LogP contribution in [0.5, 0.6) is 11.5 Å². The highest BCUT2D eigenvalue weighted by atomic mass is 19.3. The SMILES string of the molecule is O=c1ccc2c(C(O)CCCCc3ccc(OCC(F)(F)Cc4ccccc4)cc3)ccc(O)c2[nH]1. The van der Waals surface area contributed by atoms with E-state index in [0.29, 0.717) is 34.2 Å². The van der Waals surface area contributed by atoms with Gasteiger partial charge in [-0.05, 0) is 60.2 Å². The van der Waals surface area contributed by atoms with Crippen molar-refractivity contribution in [2.24, 2.45) is 0 Å². The summed E-state index contributed by atoms with van der Waals surface area (Å²) in [4.78, 5) is 14.2. The fourth-order valence-corrected chi connectivity index (χ4v) is 4.26. The number of halogens is 2. The number of ether oxygens (including phenoxy) is 1. The van der Waals surface area contributed by atoms with Gasteiger partial charge in [-0.3, -0.25) is 4.79 Å². The first-order valence-corrected chi connectivity index (χ1v) is 12.0. The van der Waals surface area contributed by atoms with E-state index in [0.717, 1.165) is 24.8 Å². The second-order valence-corrected chi connectivity index (χ2v) is 9.00. The molecular formula is C29H29F2NO4. The third kappa shape index (κ3) is 6.70. The van der Waals surface area contributed by atoms with Gasteiger partial charge in [-0.15, -0.1) is 0 Å². The van der Waals surface area contributed by atoms with E-state index in [1.165, 1.54) is 12.1 Å². The number of aromatic nitrogens is 1. The molecule has 1 heterocycles. The Hall–Kier alpha value is -3.71. The zero-order chi connectivity index (χ0) is 25.5. The van der Waals surface area contributed by atoms with Gasteiger partial charge in [-0.2, -0.15) is 0 Å². The largest absolute Gasteiger partial charge is 0.506 e. The van der Waals surface area contributed by atoms with E-state index in [1.807, 2.05) is 12.1 Å². The number of hydrogen-bond acceptors (Lipinski definition) is 4. The van der Waals surface area contributed by atoms with Gasteiger partial charge >= 0.3 is 0 Å². The number of H-pyrrole nitrogens is 1. The second kappa shape index (κ2) is 11.4. The molecule has 1 unspecified atom stereocenters. The van der Waals surface area contributed by atoms with Crippen molar-refractivity contribution in [3.05, 3.63) is 106 Å². The number of aromatic hydroxyl groups is 1. The predicted molar refractivity (Wildman–Crippen MR) is 136 cm³/mol. The van der Waals surface area contributed by atoms with E-state index in [2.05, 4.69) is 4.98 Å². The fraction of sp³-hybridized carbons (Fsp3) is 0.276.